The Labute approximate surface area is 166 Å². The number of halogens is 2. The molecule has 8 heteroatoms. The summed E-state index contributed by atoms with van der Waals surface area (Å²) >= 11 is 0. The Hall–Kier alpha value is -1.73. The van der Waals surface area contributed by atoms with Gasteiger partial charge in [-0.3, -0.25) is 9.59 Å². The van der Waals surface area contributed by atoms with Crippen LogP contribution < -0.4 is 5.32 Å². The number of ketones is 1. The molecule has 0 aromatic carbocycles. The molecular formula is C20H34F2N2O4. The lowest BCUT2D eigenvalue weighted by Crippen LogP contribution is -2.41. The van der Waals surface area contributed by atoms with Crippen molar-refractivity contribution in [3.63, 3.8) is 0 Å². The highest BCUT2D eigenvalue weighted by molar-refractivity contribution is 5.85. The van der Waals surface area contributed by atoms with Crippen LogP contribution in [0, 0.1) is 5.92 Å². The number of carbonyl (C=O) groups excluding carboxylic acids is 3. The van der Waals surface area contributed by atoms with Crippen LogP contribution in [0.2, 0.25) is 0 Å². The molecule has 0 aromatic rings. The van der Waals surface area contributed by atoms with E-state index in [1.807, 2.05) is 6.92 Å². The quantitative estimate of drug-likeness (QED) is 0.632. The van der Waals surface area contributed by atoms with Crippen molar-refractivity contribution in [3.05, 3.63) is 0 Å². The lowest BCUT2D eigenvalue weighted by molar-refractivity contribution is -0.126. The maximum atomic E-state index is 13.1. The van der Waals surface area contributed by atoms with Gasteiger partial charge in [-0.15, -0.1) is 0 Å². The molecule has 1 rings (SSSR count). The number of amides is 2. The summed E-state index contributed by atoms with van der Waals surface area (Å²) < 4.78 is 31.6. The molecular weight excluding hydrogens is 370 g/mol. The molecule has 1 N–H and O–H groups in total. The molecule has 28 heavy (non-hydrogen) atoms. The van der Waals surface area contributed by atoms with Gasteiger partial charge in [0.25, 0.3) is 0 Å². The van der Waals surface area contributed by atoms with Crippen LogP contribution in [0.25, 0.3) is 0 Å². The number of carbonyl (C=O) groups is 3. The summed E-state index contributed by atoms with van der Waals surface area (Å²) in [6.45, 7) is 8.25. The molecule has 0 aromatic heterocycles. The van der Waals surface area contributed by atoms with Gasteiger partial charge in [-0.05, 0) is 46.5 Å². The predicted octanol–water partition coefficient (Wildman–Crippen LogP) is 3.92. The van der Waals surface area contributed by atoms with E-state index in [-0.39, 0.29) is 56.3 Å². The predicted molar refractivity (Wildman–Crippen MR) is 102 cm³/mol. The molecule has 0 heterocycles. The van der Waals surface area contributed by atoms with Crippen LogP contribution in [0.1, 0.15) is 72.6 Å². The van der Waals surface area contributed by atoms with Crippen molar-refractivity contribution in [2.45, 2.75) is 84.2 Å². The molecule has 0 unspecified atom stereocenters. The molecule has 0 atom stereocenters. The zero-order chi connectivity index (χ0) is 21.4. The van der Waals surface area contributed by atoms with Crippen molar-refractivity contribution >= 4 is 17.8 Å². The monoisotopic (exact) mass is 404 g/mol. The van der Waals surface area contributed by atoms with Crippen LogP contribution in [-0.2, 0) is 14.3 Å². The average molecular weight is 404 g/mol. The molecule has 1 saturated carbocycles. The second kappa shape index (κ2) is 10.7. The Kier molecular flexibility index (Phi) is 9.30. The summed E-state index contributed by atoms with van der Waals surface area (Å²) in [6.07, 6.45) is 0.435. The fourth-order valence-corrected chi connectivity index (χ4v) is 3.10. The van der Waals surface area contributed by atoms with Crippen molar-refractivity contribution in [1.29, 1.82) is 0 Å². The fraction of sp³-hybridized carbons (Fsp3) is 0.850. The third-order valence-corrected chi connectivity index (χ3v) is 4.72. The van der Waals surface area contributed by atoms with Gasteiger partial charge in [0.1, 0.15) is 11.4 Å². The van der Waals surface area contributed by atoms with Crippen LogP contribution in [0.15, 0.2) is 0 Å². The third kappa shape index (κ3) is 9.99. The van der Waals surface area contributed by atoms with E-state index < -0.39 is 17.6 Å². The summed E-state index contributed by atoms with van der Waals surface area (Å²) in [6, 6.07) is 0. The van der Waals surface area contributed by atoms with Gasteiger partial charge in [0, 0.05) is 51.7 Å². The summed E-state index contributed by atoms with van der Waals surface area (Å²) in [5.41, 5.74) is -0.581. The zero-order valence-electron chi connectivity index (χ0n) is 17.5. The maximum absolute atomic E-state index is 13.1. The second-order valence-corrected chi connectivity index (χ2v) is 8.45. The van der Waals surface area contributed by atoms with Crippen molar-refractivity contribution in [1.82, 2.24) is 10.2 Å². The first kappa shape index (κ1) is 24.3. The molecule has 162 valence electrons. The summed E-state index contributed by atoms with van der Waals surface area (Å²) in [7, 11) is 0. The van der Waals surface area contributed by atoms with Gasteiger partial charge in [0.15, 0.2) is 0 Å². The normalized spacial score (nSPS) is 17.1. The molecule has 0 aliphatic heterocycles. The van der Waals surface area contributed by atoms with E-state index >= 15 is 0 Å². The fourth-order valence-electron chi connectivity index (χ4n) is 3.10. The first-order valence-electron chi connectivity index (χ1n) is 10.1. The van der Waals surface area contributed by atoms with Crippen molar-refractivity contribution in [3.8, 4) is 0 Å². The van der Waals surface area contributed by atoms with Crippen molar-refractivity contribution < 1.29 is 27.9 Å². The Morgan fingerprint density at radius 1 is 1.14 bits per heavy atom. The van der Waals surface area contributed by atoms with Gasteiger partial charge >= 0.3 is 6.09 Å². The molecule has 0 saturated heterocycles. The Bertz CT molecular complexity index is 537. The van der Waals surface area contributed by atoms with E-state index in [1.165, 1.54) is 4.90 Å². The minimum Gasteiger partial charge on any atom is -0.444 e. The molecule has 1 fully saturated rings. The number of rotatable bonds is 9. The summed E-state index contributed by atoms with van der Waals surface area (Å²) in [4.78, 5) is 37.4. The van der Waals surface area contributed by atoms with Crippen LogP contribution in [-0.4, -0.2) is 53.8 Å². The number of alkyl halides is 2. The minimum atomic E-state index is -2.59. The van der Waals surface area contributed by atoms with E-state index in [4.69, 9.17) is 4.74 Å². The number of nitrogens with zero attached hydrogens (tertiary/aromatic N) is 1. The summed E-state index contributed by atoms with van der Waals surface area (Å²) in [5.74, 6) is -2.91. The van der Waals surface area contributed by atoms with Gasteiger partial charge in [0.2, 0.25) is 11.8 Å². The van der Waals surface area contributed by atoms with E-state index in [0.717, 1.165) is 0 Å². The standard InChI is InChI=1S/C20H34F2N2O4/c1-5-24(18(27)28-19(2,3)4)13-12-23-17(26)7-6-16(25)14-15-8-10-20(21,22)11-9-15/h15H,5-14H2,1-4H3,(H,23,26). The first-order valence-corrected chi connectivity index (χ1v) is 10.1. The number of likely N-dealkylation sites (N-methyl/N-ethyl adjacent to an activating group) is 1. The second-order valence-electron chi connectivity index (χ2n) is 8.45. The SMILES string of the molecule is CCN(CCNC(=O)CCC(=O)CC1CCC(F)(F)CC1)C(=O)OC(C)(C)C. The van der Waals surface area contributed by atoms with Gasteiger partial charge in [-0.2, -0.15) is 0 Å². The minimum absolute atomic E-state index is 0.00197. The van der Waals surface area contributed by atoms with E-state index in [1.54, 1.807) is 20.8 Å². The zero-order valence-corrected chi connectivity index (χ0v) is 17.5. The number of hydrogen-bond acceptors (Lipinski definition) is 4. The average Bonchev–Trinajstić information content (AvgIpc) is 2.57. The van der Waals surface area contributed by atoms with Crippen molar-refractivity contribution in [2.75, 3.05) is 19.6 Å². The Balaban J connectivity index is 2.22. The molecule has 0 radical (unpaired) electrons. The third-order valence-electron chi connectivity index (χ3n) is 4.72. The molecule has 2 amide bonds. The van der Waals surface area contributed by atoms with E-state index in [0.29, 0.717) is 25.9 Å². The molecule has 6 nitrogen and oxygen atoms in total. The van der Waals surface area contributed by atoms with Crippen LogP contribution >= 0.6 is 0 Å². The van der Waals surface area contributed by atoms with Gasteiger partial charge in [-0.1, -0.05) is 0 Å². The molecule has 0 spiro atoms. The topological polar surface area (TPSA) is 75.7 Å². The number of ether oxygens (including phenoxy) is 1. The van der Waals surface area contributed by atoms with E-state index in [2.05, 4.69) is 5.32 Å². The molecule has 0 bridgehead atoms. The molecule has 1 aliphatic carbocycles. The smallest absolute Gasteiger partial charge is 0.410 e. The van der Waals surface area contributed by atoms with Crippen molar-refractivity contribution in [2.24, 2.45) is 5.92 Å². The van der Waals surface area contributed by atoms with Gasteiger partial charge in [-0.25, -0.2) is 13.6 Å². The van der Waals surface area contributed by atoms with Gasteiger partial charge < -0.3 is 15.0 Å². The van der Waals surface area contributed by atoms with E-state index in [9.17, 15) is 23.2 Å². The molecule has 1 aliphatic rings. The lowest BCUT2D eigenvalue weighted by Gasteiger charge is -2.27. The highest BCUT2D eigenvalue weighted by atomic mass is 19.3. The lowest BCUT2D eigenvalue weighted by atomic mass is 9.83. The van der Waals surface area contributed by atoms with Crippen LogP contribution in [0.5, 0.6) is 0 Å². The highest BCUT2D eigenvalue weighted by Crippen LogP contribution is 2.37. The van der Waals surface area contributed by atoms with Crippen LogP contribution in [0.3, 0.4) is 0 Å². The maximum Gasteiger partial charge on any atom is 0.410 e. The Morgan fingerprint density at radius 2 is 1.75 bits per heavy atom. The summed E-state index contributed by atoms with van der Waals surface area (Å²) in [5, 5.41) is 2.70. The Morgan fingerprint density at radius 3 is 2.29 bits per heavy atom. The highest BCUT2D eigenvalue weighted by Gasteiger charge is 2.35. The number of hydrogen-bond donors (Lipinski definition) is 1. The van der Waals surface area contributed by atoms with Gasteiger partial charge in [0.05, 0.1) is 0 Å². The largest absolute Gasteiger partial charge is 0.444 e. The van der Waals surface area contributed by atoms with Crippen LogP contribution in [0.4, 0.5) is 13.6 Å². The number of Topliss-reactive ketones (excluding diaryl/α,β-unsaturated/α-hetero) is 1. The first-order chi connectivity index (χ1) is 12.9. The number of nitrogens with one attached hydrogen (secondary N) is 1.